The number of ether oxygens (including phenoxy) is 2. The minimum absolute atomic E-state index is 0.103. The molecular formula is C16H24N4O2. The normalized spacial score (nSPS) is 28.6. The lowest BCUT2D eigenvalue weighted by Gasteiger charge is -2.30. The van der Waals surface area contributed by atoms with Crippen LogP contribution in [-0.4, -0.2) is 39.3 Å². The summed E-state index contributed by atoms with van der Waals surface area (Å²) in [5.74, 6) is 1.19. The van der Waals surface area contributed by atoms with Crippen molar-refractivity contribution in [2.75, 3.05) is 13.7 Å². The third-order valence-corrected chi connectivity index (χ3v) is 4.65. The van der Waals surface area contributed by atoms with Gasteiger partial charge < -0.3 is 9.47 Å². The van der Waals surface area contributed by atoms with Crippen LogP contribution in [0.15, 0.2) is 6.33 Å². The lowest BCUT2D eigenvalue weighted by atomic mass is 9.97. The monoisotopic (exact) mass is 304 g/mol. The first-order chi connectivity index (χ1) is 10.5. The van der Waals surface area contributed by atoms with Crippen LogP contribution in [-0.2, 0) is 15.2 Å². The largest absolute Gasteiger partial charge is 0.382 e. The fraction of sp³-hybridized carbons (Fsp3) is 0.688. The van der Waals surface area contributed by atoms with E-state index in [2.05, 4.69) is 33.4 Å². The second kappa shape index (κ2) is 5.59. The first kappa shape index (κ1) is 15.4. The predicted octanol–water partition coefficient (Wildman–Crippen LogP) is 2.58. The molecule has 0 bridgehead atoms. The van der Waals surface area contributed by atoms with Crippen LogP contribution >= 0.6 is 0 Å². The number of rotatable bonds is 4. The molecule has 2 aromatic heterocycles. The van der Waals surface area contributed by atoms with E-state index >= 15 is 0 Å². The zero-order valence-corrected chi connectivity index (χ0v) is 14.0. The van der Waals surface area contributed by atoms with Gasteiger partial charge in [0, 0.05) is 13.5 Å². The van der Waals surface area contributed by atoms with Gasteiger partial charge in [-0.25, -0.2) is 15.0 Å². The summed E-state index contributed by atoms with van der Waals surface area (Å²) in [6.07, 6.45) is 3.75. The molecule has 0 spiro atoms. The zero-order chi connectivity index (χ0) is 15.9. The summed E-state index contributed by atoms with van der Waals surface area (Å²) >= 11 is 0. The van der Waals surface area contributed by atoms with Gasteiger partial charge in [0.05, 0.1) is 24.7 Å². The molecular weight excluding hydrogens is 280 g/mol. The number of fused-ring (bicyclic) bond motifs is 1. The first-order valence-electron chi connectivity index (χ1n) is 7.86. The molecule has 0 aromatic carbocycles. The SMILES string of the molecule is CC[C@]1(n2cnc3c(C)nc(C)nc32)C[C@@H](C)[C@@H](COC)O1. The second-order valence-electron chi connectivity index (χ2n) is 6.24. The molecule has 3 heterocycles. The number of nitrogens with zero attached hydrogens (tertiary/aromatic N) is 4. The highest BCUT2D eigenvalue weighted by Gasteiger charge is 2.45. The van der Waals surface area contributed by atoms with E-state index in [0.717, 1.165) is 35.5 Å². The Labute approximate surface area is 130 Å². The zero-order valence-electron chi connectivity index (χ0n) is 14.0. The molecule has 22 heavy (non-hydrogen) atoms. The van der Waals surface area contributed by atoms with Crippen LogP contribution in [0.5, 0.6) is 0 Å². The van der Waals surface area contributed by atoms with Gasteiger partial charge in [0.15, 0.2) is 5.65 Å². The van der Waals surface area contributed by atoms with E-state index in [1.54, 1.807) is 7.11 Å². The Bertz CT molecular complexity index is 684. The van der Waals surface area contributed by atoms with E-state index < -0.39 is 5.72 Å². The molecule has 6 heteroatoms. The van der Waals surface area contributed by atoms with Gasteiger partial charge in [0.2, 0.25) is 0 Å². The van der Waals surface area contributed by atoms with Crippen LogP contribution in [0.1, 0.15) is 38.2 Å². The van der Waals surface area contributed by atoms with E-state index in [9.17, 15) is 0 Å². The molecule has 1 fully saturated rings. The average Bonchev–Trinajstić information content (AvgIpc) is 3.02. The highest BCUT2D eigenvalue weighted by Crippen LogP contribution is 2.42. The van der Waals surface area contributed by atoms with Crippen molar-refractivity contribution in [3.63, 3.8) is 0 Å². The fourth-order valence-corrected chi connectivity index (χ4v) is 3.47. The maximum Gasteiger partial charge on any atom is 0.166 e. The van der Waals surface area contributed by atoms with Crippen LogP contribution in [0.25, 0.3) is 11.2 Å². The van der Waals surface area contributed by atoms with Crippen molar-refractivity contribution in [3.05, 3.63) is 17.8 Å². The fourth-order valence-electron chi connectivity index (χ4n) is 3.47. The lowest BCUT2D eigenvalue weighted by Crippen LogP contribution is -2.33. The summed E-state index contributed by atoms with van der Waals surface area (Å²) in [7, 11) is 1.72. The van der Waals surface area contributed by atoms with Crippen molar-refractivity contribution in [3.8, 4) is 0 Å². The summed E-state index contributed by atoms with van der Waals surface area (Å²) in [5.41, 5.74) is 2.22. The predicted molar refractivity (Wildman–Crippen MR) is 83.6 cm³/mol. The maximum atomic E-state index is 6.42. The summed E-state index contributed by atoms with van der Waals surface area (Å²) in [6, 6.07) is 0. The van der Waals surface area contributed by atoms with E-state index in [-0.39, 0.29) is 6.10 Å². The molecule has 0 saturated carbocycles. The topological polar surface area (TPSA) is 62.1 Å². The quantitative estimate of drug-likeness (QED) is 0.868. The Hall–Kier alpha value is -1.53. The third-order valence-electron chi connectivity index (χ3n) is 4.65. The van der Waals surface area contributed by atoms with E-state index in [0.29, 0.717) is 12.5 Å². The Morgan fingerprint density at radius 2 is 2.18 bits per heavy atom. The number of aryl methyl sites for hydroxylation is 2. The van der Waals surface area contributed by atoms with Crippen molar-refractivity contribution >= 4 is 11.2 Å². The van der Waals surface area contributed by atoms with Crippen LogP contribution in [0, 0.1) is 19.8 Å². The Morgan fingerprint density at radius 3 is 2.86 bits per heavy atom. The van der Waals surface area contributed by atoms with E-state index in [4.69, 9.17) is 9.47 Å². The molecule has 0 unspecified atom stereocenters. The summed E-state index contributed by atoms with van der Waals surface area (Å²) in [5, 5.41) is 0. The molecule has 1 saturated heterocycles. The van der Waals surface area contributed by atoms with Gasteiger partial charge in [-0.3, -0.25) is 4.57 Å². The highest BCUT2D eigenvalue weighted by atomic mass is 16.6. The Morgan fingerprint density at radius 1 is 1.41 bits per heavy atom. The molecule has 0 N–H and O–H groups in total. The first-order valence-corrected chi connectivity index (χ1v) is 7.86. The minimum atomic E-state index is -0.398. The number of hydrogen-bond acceptors (Lipinski definition) is 5. The van der Waals surface area contributed by atoms with Gasteiger partial charge in [0.25, 0.3) is 0 Å². The van der Waals surface area contributed by atoms with Crippen molar-refractivity contribution in [1.29, 1.82) is 0 Å². The Balaban J connectivity index is 2.09. The second-order valence-corrected chi connectivity index (χ2v) is 6.24. The van der Waals surface area contributed by atoms with Crippen LogP contribution < -0.4 is 0 Å². The third kappa shape index (κ3) is 2.30. The number of hydrogen-bond donors (Lipinski definition) is 0. The van der Waals surface area contributed by atoms with Gasteiger partial charge in [-0.15, -0.1) is 0 Å². The summed E-state index contributed by atoms with van der Waals surface area (Å²) in [4.78, 5) is 13.5. The van der Waals surface area contributed by atoms with Crippen molar-refractivity contribution in [2.45, 2.75) is 52.4 Å². The van der Waals surface area contributed by atoms with Crippen molar-refractivity contribution in [2.24, 2.45) is 5.92 Å². The molecule has 120 valence electrons. The van der Waals surface area contributed by atoms with Gasteiger partial charge in [-0.05, 0) is 26.2 Å². The van der Waals surface area contributed by atoms with Crippen LogP contribution in [0.2, 0.25) is 0 Å². The van der Waals surface area contributed by atoms with E-state index in [1.165, 1.54) is 0 Å². The number of methoxy groups -OCH3 is 1. The van der Waals surface area contributed by atoms with Crippen molar-refractivity contribution < 1.29 is 9.47 Å². The number of aromatic nitrogens is 4. The van der Waals surface area contributed by atoms with Gasteiger partial charge in [0.1, 0.15) is 17.1 Å². The van der Waals surface area contributed by atoms with Gasteiger partial charge >= 0.3 is 0 Å². The lowest BCUT2D eigenvalue weighted by molar-refractivity contribution is -0.117. The van der Waals surface area contributed by atoms with Crippen LogP contribution in [0.4, 0.5) is 0 Å². The van der Waals surface area contributed by atoms with Gasteiger partial charge in [-0.1, -0.05) is 13.8 Å². The van der Waals surface area contributed by atoms with Crippen LogP contribution in [0.3, 0.4) is 0 Å². The van der Waals surface area contributed by atoms with Gasteiger partial charge in [-0.2, -0.15) is 0 Å². The molecule has 2 aromatic rings. The molecule has 0 aliphatic carbocycles. The minimum Gasteiger partial charge on any atom is -0.382 e. The highest BCUT2D eigenvalue weighted by molar-refractivity contribution is 5.73. The maximum absolute atomic E-state index is 6.42. The summed E-state index contributed by atoms with van der Waals surface area (Å²) in [6.45, 7) is 8.86. The molecule has 1 aliphatic heterocycles. The Kier molecular flexibility index (Phi) is 3.91. The molecule has 1 aliphatic rings. The molecule has 3 rings (SSSR count). The number of imidazole rings is 1. The molecule has 3 atom stereocenters. The molecule has 0 radical (unpaired) electrons. The molecule has 6 nitrogen and oxygen atoms in total. The average molecular weight is 304 g/mol. The molecule has 0 amide bonds. The van der Waals surface area contributed by atoms with E-state index in [1.807, 2.05) is 20.2 Å². The smallest absolute Gasteiger partial charge is 0.166 e. The van der Waals surface area contributed by atoms with Crippen molar-refractivity contribution in [1.82, 2.24) is 19.5 Å². The summed E-state index contributed by atoms with van der Waals surface area (Å²) < 4.78 is 13.8. The standard InChI is InChI=1S/C16H24N4O2/c1-6-16(7-10(2)13(22-16)8-21-5)20-9-17-14-11(3)18-12(4)19-15(14)20/h9-10,13H,6-8H2,1-5H3/t10-,13-,16-/m1/s1.